The molecule has 0 spiro atoms. The lowest BCUT2D eigenvalue weighted by atomic mass is 9.85. The third kappa shape index (κ3) is 1.15. The predicted molar refractivity (Wildman–Crippen MR) is 54.1 cm³/mol. The summed E-state index contributed by atoms with van der Waals surface area (Å²) in [5.74, 6) is -0.774. The van der Waals surface area contributed by atoms with Gasteiger partial charge in [0.2, 0.25) is 0 Å². The van der Waals surface area contributed by atoms with Gasteiger partial charge in [0.1, 0.15) is 0 Å². The van der Waals surface area contributed by atoms with Crippen molar-refractivity contribution in [2.24, 2.45) is 5.41 Å². The highest BCUT2D eigenvalue weighted by Gasteiger charge is 2.41. The second-order valence-corrected chi connectivity index (χ2v) is 3.79. The molecule has 0 radical (unpaired) electrons. The summed E-state index contributed by atoms with van der Waals surface area (Å²) in [4.78, 5) is 11.2. The first kappa shape index (κ1) is 9.00. The van der Waals surface area contributed by atoms with Gasteiger partial charge in [0.05, 0.1) is 5.41 Å². The molecule has 0 unspecified atom stereocenters. The summed E-state index contributed by atoms with van der Waals surface area (Å²) < 4.78 is 0. The predicted octanol–water partition coefficient (Wildman–Crippen LogP) is 2.04. The van der Waals surface area contributed by atoms with Crippen molar-refractivity contribution in [3.05, 3.63) is 48.0 Å². The van der Waals surface area contributed by atoms with E-state index in [2.05, 4.69) is 6.58 Å². The minimum atomic E-state index is -0.774. The summed E-state index contributed by atoms with van der Waals surface area (Å²) >= 11 is 0. The molecule has 1 aromatic rings. The van der Waals surface area contributed by atoms with Crippen LogP contribution in [0.4, 0.5) is 0 Å². The Morgan fingerprint density at radius 1 is 1.36 bits per heavy atom. The quantitative estimate of drug-likeness (QED) is 0.721. The van der Waals surface area contributed by atoms with Gasteiger partial charge in [0.15, 0.2) is 0 Å². The third-order valence-electron chi connectivity index (χ3n) is 2.95. The maximum Gasteiger partial charge on any atom is 0.314 e. The highest BCUT2D eigenvalue weighted by atomic mass is 16.4. The minimum Gasteiger partial charge on any atom is -0.481 e. The molecule has 2 nitrogen and oxygen atoms in total. The van der Waals surface area contributed by atoms with Gasteiger partial charge in [-0.3, -0.25) is 4.79 Å². The van der Waals surface area contributed by atoms with E-state index in [0.29, 0.717) is 12.8 Å². The number of carboxylic acid groups (broad SMARTS) is 1. The number of carboxylic acids is 1. The molecule has 0 aliphatic heterocycles. The number of benzene rings is 1. The number of hydrogen-bond acceptors (Lipinski definition) is 1. The Kier molecular flexibility index (Phi) is 1.92. The molecule has 0 saturated heterocycles. The standard InChI is InChI=1S/C12H12O2/c1-2-12(11(13)14)7-9-5-3-4-6-10(9)8-12/h2-6H,1,7-8H2,(H,13,14). The molecule has 0 bridgehead atoms. The van der Waals surface area contributed by atoms with Crippen LogP contribution in [0.25, 0.3) is 0 Å². The van der Waals surface area contributed by atoms with Gasteiger partial charge < -0.3 is 5.11 Å². The lowest BCUT2D eigenvalue weighted by Gasteiger charge is -2.17. The van der Waals surface area contributed by atoms with E-state index >= 15 is 0 Å². The van der Waals surface area contributed by atoms with E-state index < -0.39 is 11.4 Å². The zero-order chi connectivity index (χ0) is 10.2. The van der Waals surface area contributed by atoms with Crippen molar-refractivity contribution in [1.29, 1.82) is 0 Å². The summed E-state index contributed by atoms with van der Waals surface area (Å²) in [6, 6.07) is 7.87. The second kappa shape index (κ2) is 2.98. The first-order chi connectivity index (χ1) is 6.68. The third-order valence-corrected chi connectivity index (χ3v) is 2.95. The van der Waals surface area contributed by atoms with Crippen molar-refractivity contribution in [2.45, 2.75) is 12.8 Å². The smallest absolute Gasteiger partial charge is 0.314 e. The van der Waals surface area contributed by atoms with Crippen LogP contribution in [0.3, 0.4) is 0 Å². The van der Waals surface area contributed by atoms with E-state index in [0.717, 1.165) is 11.1 Å². The zero-order valence-electron chi connectivity index (χ0n) is 7.86. The molecule has 0 amide bonds. The lowest BCUT2D eigenvalue weighted by Crippen LogP contribution is -2.29. The SMILES string of the molecule is C=CC1(C(=O)O)Cc2ccccc2C1. The molecule has 1 aromatic carbocycles. The van der Waals surface area contributed by atoms with Crippen LogP contribution in [-0.2, 0) is 17.6 Å². The number of rotatable bonds is 2. The van der Waals surface area contributed by atoms with Crippen LogP contribution in [0.5, 0.6) is 0 Å². The van der Waals surface area contributed by atoms with Gasteiger partial charge in [-0.25, -0.2) is 0 Å². The topological polar surface area (TPSA) is 37.3 Å². The molecular weight excluding hydrogens is 176 g/mol. The Labute approximate surface area is 82.9 Å². The average Bonchev–Trinajstić information content (AvgIpc) is 2.57. The number of carbonyl (C=O) groups is 1. The average molecular weight is 188 g/mol. The van der Waals surface area contributed by atoms with E-state index in [1.807, 2.05) is 24.3 Å². The Balaban J connectivity index is 2.42. The maximum atomic E-state index is 11.2. The van der Waals surface area contributed by atoms with Crippen molar-refractivity contribution in [1.82, 2.24) is 0 Å². The van der Waals surface area contributed by atoms with Crippen LogP contribution < -0.4 is 0 Å². The Morgan fingerprint density at radius 2 is 1.86 bits per heavy atom. The fourth-order valence-electron chi connectivity index (χ4n) is 2.03. The maximum absolute atomic E-state index is 11.2. The van der Waals surface area contributed by atoms with Gasteiger partial charge >= 0.3 is 5.97 Å². The van der Waals surface area contributed by atoms with Crippen LogP contribution in [0.2, 0.25) is 0 Å². The zero-order valence-corrected chi connectivity index (χ0v) is 7.86. The Morgan fingerprint density at radius 3 is 2.21 bits per heavy atom. The molecule has 2 heteroatoms. The van der Waals surface area contributed by atoms with Crippen LogP contribution in [0, 0.1) is 5.41 Å². The van der Waals surface area contributed by atoms with Gasteiger partial charge in [0.25, 0.3) is 0 Å². The van der Waals surface area contributed by atoms with Crippen LogP contribution in [0.1, 0.15) is 11.1 Å². The molecule has 2 rings (SSSR count). The van der Waals surface area contributed by atoms with Gasteiger partial charge in [-0.15, -0.1) is 6.58 Å². The first-order valence-corrected chi connectivity index (χ1v) is 4.62. The fourth-order valence-corrected chi connectivity index (χ4v) is 2.03. The summed E-state index contributed by atoms with van der Waals surface area (Å²) in [6.45, 7) is 3.64. The van der Waals surface area contributed by atoms with Crippen LogP contribution >= 0.6 is 0 Å². The molecule has 1 aliphatic carbocycles. The Hall–Kier alpha value is -1.57. The van der Waals surface area contributed by atoms with Gasteiger partial charge in [-0.1, -0.05) is 30.3 Å². The summed E-state index contributed by atoms with van der Waals surface area (Å²) in [5, 5.41) is 9.16. The molecule has 14 heavy (non-hydrogen) atoms. The van der Waals surface area contributed by atoms with Crippen LogP contribution in [-0.4, -0.2) is 11.1 Å². The number of fused-ring (bicyclic) bond motifs is 1. The molecule has 1 aliphatic rings. The van der Waals surface area contributed by atoms with Gasteiger partial charge in [-0.2, -0.15) is 0 Å². The molecule has 0 saturated carbocycles. The molecular formula is C12H12O2. The summed E-state index contributed by atoms with van der Waals surface area (Å²) in [6.07, 6.45) is 2.71. The molecule has 1 N–H and O–H groups in total. The Bertz CT molecular complexity index is 368. The van der Waals surface area contributed by atoms with Gasteiger partial charge in [-0.05, 0) is 24.0 Å². The van der Waals surface area contributed by atoms with Crippen molar-refractivity contribution in [2.75, 3.05) is 0 Å². The van der Waals surface area contributed by atoms with Crippen molar-refractivity contribution >= 4 is 5.97 Å². The summed E-state index contributed by atoms with van der Waals surface area (Å²) in [5.41, 5.74) is 1.49. The minimum absolute atomic E-state index is 0.571. The molecule has 0 atom stereocenters. The van der Waals surface area contributed by atoms with E-state index in [4.69, 9.17) is 5.11 Å². The van der Waals surface area contributed by atoms with Crippen molar-refractivity contribution in [3.8, 4) is 0 Å². The number of aliphatic carboxylic acids is 1. The van der Waals surface area contributed by atoms with E-state index in [9.17, 15) is 4.79 Å². The largest absolute Gasteiger partial charge is 0.481 e. The molecule has 0 aromatic heterocycles. The highest BCUT2D eigenvalue weighted by Crippen LogP contribution is 2.37. The molecule has 72 valence electrons. The lowest BCUT2D eigenvalue weighted by molar-refractivity contribution is -0.145. The van der Waals surface area contributed by atoms with E-state index in [1.165, 1.54) is 0 Å². The molecule has 0 fully saturated rings. The first-order valence-electron chi connectivity index (χ1n) is 4.62. The normalized spacial score (nSPS) is 17.4. The fraction of sp³-hybridized carbons (Fsp3) is 0.250. The van der Waals surface area contributed by atoms with Crippen molar-refractivity contribution in [3.63, 3.8) is 0 Å². The van der Waals surface area contributed by atoms with E-state index in [-0.39, 0.29) is 0 Å². The van der Waals surface area contributed by atoms with Crippen LogP contribution in [0.15, 0.2) is 36.9 Å². The monoisotopic (exact) mass is 188 g/mol. The van der Waals surface area contributed by atoms with Gasteiger partial charge in [0, 0.05) is 0 Å². The highest BCUT2D eigenvalue weighted by molar-refractivity contribution is 5.79. The molecule has 0 heterocycles. The number of hydrogen-bond donors (Lipinski definition) is 1. The van der Waals surface area contributed by atoms with Crippen molar-refractivity contribution < 1.29 is 9.90 Å². The van der Waals surface area contributed by atoms with E-state index in [1.54, 1.807) is 6.08 Å². The second-order valence-electron chi connectivity index (χ2n) is 3.79. The summed E-state index contributed by atoms with van der Waals surface area (Å²) in [7, 11) is 0.